The van der Waals surface area contributed by atoms with Gasteiger partial charge in [-0.2, -0.15) is 0 Å². The number of amides is 2. The molecule has 2 saturated heterocycles. The molecule has 3 fully saturated rings. The summed E-state index contributed by atoms with van der Waals surface area (Å²) in [6.45, 7) is 6.26. The second kappa shape index (κ2) is 6.16. The number of nitrogens with zero attached hydrogens (tertiary/aromatic N) is 2. The largest absolute Gasteiger partial charge is 0.469 e. The van der Waals surface area contributed by atoms with Crippen molar-refractivity contribution in [1.82, 2.24) is 9.80 Å². The van der Waals surface area contributed by atoms with Gasteiger partial charge in [0.15, 0.2) is 0 Å². The average molecular weight is 346 g/mol. The molecule has 1 aromatic heterocycles. The summed E-state index contributed by atoms with van der Waals surface area (Å²) in [5, 5.41) is 0. The molecule has 3 heterocycles. The van der Waals surface area contributed by atoms with Gasteiger partial charge in [-0.1, -0.05) is 0 Å². The van der Waals surface area contributed by atoms with Crippen molar-refractivity contribution < 1.29 is 18.7 Å². The Kier molecular flexibility index (Phi) is 4.10. The van der Waals surface area contributed by atoms with Gasteiger partial charge in [-0.05, 0) is 51.5 Å². The third kappa shape index (κ3) is 2.97. The molecule has 1 aromatic rings. The minimum absolute atomic E-state index is 0.0236. The Morgan fingerprint density at radius 2 is 2.04 bits per heavy atom. The highest BCUT2D eigenvalue weighted by molar-refractivity contribution is 5.95. The van der Waals surface area contributed by atoms with Crippen molar-refractivity contribution in [2.75, 3.05) is 26.2 Å². The lowest BCUT2D eigenvalue weighted by molar-refractivity contribution is -0.185. The van der Waals surface area contributed by atoms with Crippen molar-refractivity contribution in [3.8, 4) is 0 Å². The maximum Gasteiger partial charge on any atom is 0.257 e. The second-order valence-corrected chi connectivity index (χ2v) is 7.70. The smallest absolute Gasteiger partial charge is 0.257 e. The fraction of sp³-hybridized carbons (Fsp3) is 0.684. The lowest BCUT2D eigenvalue weighted by Crippen LogP contribution is -2.64. The van der Waals surface area contributed by atoms with Crippen LogP contribution in [0.1, 0.15) is 48.7 Å². The van der Waals surface area contributed by atoms with Crippen LogP contribution in [0.2, 0.25) is 0 Å². The fourth-order valence-corrected chi connectivity index (χ4v) is 4.18. The molecule has 0 aromatic carbocycles. The Balaban J connectivity index is 1.44. The topological polar surface area (TPSA) is 63.0 Å². The highest BCUT2D eigenvalue weighted by atomic mass is 16.5. The lowest BCUT2D eigenvalue weighted by Gasteiger charge is -2.51. The Hall–Kier alpha value is -1.82. The Morgan fingerprint density at radius 1 is 1.32 bits per heavy atom. The minimum atomic E-state index is -0.314. The number of piperidine rings is 1. The number of hydrogen-bond acceptors (Lipinski definition) is 4. The van der Waals surface area contributed by atoms with E-state index in [1.807, 2.05) is 16.7 Å². The third-order valence-corrected chi connectivity index (χ3v) is 6.17. The minimum Gasteiger partial charge on any atom is -0.469 e. The molecule has 2 amide bonds. The zero-order valence-corrected chi connectivity index (χ0v) is 15.0. The molecule has 0 unspecified atom stereocenters. The van der Waals surface area contributed by atoms with E-state index in [0.29, 0.717) is 30.3 Å². The fourth-order valence-electron chi connectivity index (χ4n) is 4.18. The van der Waals surface area contributed by atoms with Gasteiger partial charge in [0.2, 0.25) is 5.91 Å². The zero-order valence-electron chi connectivity index (χ0n) is 15.0. The van der Waals surface area contributed by atoms with E-state index in [1.165, 1.54) is 12.8 Å². The van der Waals surface area contributed by atoms with E-state index in [-0.39, 0.29) is 30.1 Å². The van der Waals surface area contributed by atoms with Crippen molar-refractivity contribution in [2.24, 2.45) is 5.92 Å². The van der Waals surface area contributed by atoms with Crippen molar-refractivity contribution in [3.63, 3.8) is 0 Å². The van der Waals surface area contributed by atoms with E-state index in [2.05, 4.69) is 6.92 Å². The average Bonchev–Trinajstić information content (AvgIpc) is 3.34. The molecule has 6 nitrogen and oxygen atoms in total. The van der Waals surface area contributed by atoms with Gasteiger partial charge in [0.05, 0.1) is 23.5 Å². The number of aryl methyl sites for hydroxylation is 1. The molecule has 1 saturated carbocycles. The number of hydrogen-bond donors (Lipinski definition) is 0. The van der Waals surface area contributed by atoms with Gasteiger partial charge in [0.1, 0.15) is 12.4 Å². The predicted molar refractivity (Wildman–Crippen MR) is 91.2 cm³/mol. The number of furan rings is 1. The molecule has 6 heteroatoms. The molecule has 2 aliphatic heterocycles. The molecule has 1 atom stereocenters. The molecule has 4 rings (SSSR count). The maximum atomic E-state index is 12.7. The van der Waals surface area contributed by atoms with E-state index in [1.54, 1.807) is 12.3 Å². The summed E-state index contributed by atoms with van der Waals surface area (Å²) in [6, 6.07) is 1.81. The highest BCUT2D eigenvalue weighted by Crippen LogP contribution is 2.38. The van der Waals surface area contributed by atoms with Crippen LogP contribution < -0.4 is 0 Å². The second-order valence-electron chi connectivity index (χ2n) is 7.70. The normalized spacial score (nSPS) is 26.3. The van der Waals surface area contributed by atoms with Crippen LogP contribution in [0.5, 0.6) is 0 Å². The number of rotatable bonds is 3. The first-order valence-corrected chi connectivity index (χ1v) is 9.27. The highest BCUT2D eigenvalue weighted by Gasteiger charge is 2.49. The molecular formula is C19H26N2O4. The molecule has 0 radical (unpaired) electrons. The molecule has 3 aliphatic rings. The van der Waals surface area contributed by atoms with Gasteiger partial charge >= 0.3 is 0 Å². The first-order valence-electron chi connectivity index (χ1n) is 9.27. The van der Waals surface area contributed by atoms with Gasteiger partial charge in [-0.25, -0.2) is 0 Å². The Bertz CT molecular complexity index is 671. The van der Waals surface area contributed by atoms with Crippen molar-refractivity contribution in [3.05, 3.63) is 23.7 Å². The number of carbonyl (C=O) groups is 2. The van der Waals surface area contributed by atoms with E-state index < -0.39 is 0 Å². The van der Waals surface area contributed by atoms with Crippen molar-refractivity contribution in [2.45, 2.75) is 51.2 Å². The summed E-state index contributed by atoms with van der Waals surface area (Å²) >= 11 is 0. The van der Waals surface area contributed by atoms with Crippen LogP contribution in [0.25, 0.3) is 0 Å². The van der Waals surface area contributed by atoms with E-state index >= 15 is 0 Å². The number of likely N-dealkylation sites (tertiary alicyclic amines) is 1. The van der Waals surface area contributed by atoms with Crippen LogP contribution in [0.4, 0.5) is 0 Å². The standard InChI is InChI=1S/C19H26N2O4/c1-13-16(5-10-24-13)18(23)20-8-6-19(7-9-20)14(2)21(11-15-3-4-15)17(22)12-25-19/h5,10,14-15H,3-4,6-9,11-12H2,1-2H3/t14-/m1/s1. The Morgan fingerprint density at radius 3 is 2.64 bits per heavy atom. The summed E-state index contributed by atoms with van der Waals surface area (Å²) in [5.41, 5.74) is 0.324. The van der Waals surface area contributed by atoms with Crippen LogP contribution in [0.15, 0.2) is 16.7 Å². The van der Waals surface area contributed by atoms with Crippen LogP contribution >= 0.6 is 0 Å². The summed E-state index contributed by atoms with van der Waals surface area (Å²) in [5.74, 6) is 1.47. The zero-order chi connectivity index (χ0) is 17.6. The predicted octanol–water partition coefficient (Wildman–Crippen LogP) is 2.22. The van der Waals surface area contributed by atoms with E-state index in [9.17, 15) is 9.59 Å². The van der Waals surface area contributed by atoms with Gasteiger partial charge in [-0.15, -0.1) is 0 Å². The quantitative estimate of drug-likeness (QED) is 0.842. The summed E-state index contributed by atoms with van der Waals surface area (Å²) in [6.07, 6.45) is 5.56. The SMILES string of the molecule is Cc1occc1C(=O)N1CCC2(CC1)OCC(=O)N(CC1CC1)[C@@H]2C. The first-order chi connectivity index (χ1) is 12.0. The van der Waals surface area contributed by atoms with Gasteiger partial charge in [0.25, 0.3) is 5.91 Å². The van der Waals surface area contributed by atoms with Crippen LogP contribution in [0.3, 0.4) is 0 Å². The molecule has 25 heavy (non-hydrogen) atoms. The van der Waals surface area contributed by atoms with Gasteiger partial charge in [-0.3, -0.25) is 9.59 Å². The van der Waals surface area contributed by atoms with Crippen LogP contribution in [0, 0.1) is 12.8 Å². The van der Waals surface area contributed by atoms with E-state index in [4.69, 9.17) is 9.15 Å². The molecule has 1 spiro atoms. The van der Waals surface area contributed by atoms with Gasteiger partial charge in [0, 0.05) is 19.6 Å². The molecule has 136 valence electrons. The number of ether oxygens (including phenoxy) is 1. The molecule has 0 bridgehead atoms. The molecule has 1 aliphatic carbocycles. The third-order valence-electron chi connectivity index (χ3n) is 6.17. The molecule has 0 N–H and O–H groups in total. The Labute approximate surface area is 148 Å². The number of carbonyl (C=O) groups excluding carboxylic acids is 2. The van der Waals surface area contributed by atoms with Gasteiger partial charge < -0.3 is 19.0 Å². The van der Waals surface area contributed by atoms with Crippen molar-refractivity contribution >= 4 is 11.8 Å². The summed E-state index contributed by atoms with van der Waals surface area (Å²) < 4.78 is 11.3. The van der Waals surface area contributed by atoms with Crippen LogP contribution in [-0.2, 0) is 9.53 Å². The van der Waals surface area contributed by atoms with Crippen LogP contribution in [-0.4, -0.2) is 59.5 Å². The summed E-state index contributed by atoms with van der Waals surface area (Å²) in [7, 11) is 0. The monoisotopic (exact) mass is 346 g/mol. The maximum absolute atomic E-state index is 12.7. The van der Waals surface area contributed by atoms with Crippen molar-refractivity contribution in [1.29, 1.82) is 0 Å². The first kappa shape index (κ1) is 16.6. The summed E-state index contributed by atoms with van der Waals surface area (Å²) in [4.78, 5) is 28.9. The lowest BCUT2D eigenvalue weighted by atomic mass is 9.82. The number of morpholine rings is 1. The molecular weight excluding hydrogens is 320 g/mol. The van der Waals surface area contributed by atoms with E-state index in [0.717, 1.165) is 19.4 Å².